The number of nitrogens with zero attached hydrogens (tertiary/aromatic N) is 1. The molecule has 0 atom stereocenters. The van der Waals surface area contributed by atoms with E-state index < -0.39 is 37.2 Å². The van der Waals surface area contributed by atoms with E-state index in [-0.39, 0.29) is 5.57 Å². The van der Waals surface area contributed by atoms with Gasteiger partial charge in [0.1, 0.15) is 18.2 Å². The Kier molecular flexibility index (Phi) is 7.34. The van der Waals surface area contributed by atoms with E-state index in [2.05, 4.69) is 4.74 Å². The van der Waals surface area contributed by atoms with Crippen molar-refractivity contribution in [2.45, 2.75) is 13.1 Å². The first-order valence-corrected chi connectivity index (χ1v) is 7.11. The molecule has 0 spiro atoms. The topological polar surface area (TPSA) is 108 Å². The third-order valence-corrected chi connectivity index (χ3v) is 2.77. The molecule has 10 heteroatoms. The first-order valence-electron chi connectivity index (χ1n) is 7.11. The van der Waals surface area contributed by atoms with Crippen LogP contribution in [0.15, 0.2) is 29.8 Å². The fourth-order valence-electron chi connectivity index (χ4n) is 1.56. The van der Waals surface area contributed by atoms with Crippen molar-refractivity contribution in [1.82, 2.24) is 10.6 Å². The summed E-state index contributed by atoms with van der Waals surface area (Å²) in [6, 6.07) is 7.08. The summed E-state index contributed by atoms with van der Waals surface area (Å²) in [5, 5.41) is 11.9. The summed E-state index contributed by atoms with van der Waals surface area (Å²) >= 11 is 0. The molecular weight excluding hydrogens is 355 g/mol. The van der Waals surface area contributed by atoms with Gasteiger partial charge in [0.05, 0.1) is 0 Å². The van der Waals surface area contributed by atoms with E-state index in [0.29, 0.717) is 5.56 Å². The van der Waals surface area contributed by atoms with Crippen molar-refractivity contribution in [1.29, 1.82) is 5.26 Å². The van der Waals surface area contributed by atoms with Gasteiger partial charge in [-0.2, -0.15) is 18.4 Å². The zero-order chi connectivity index (χ0) is 19.7. The van der Waals surface area contributed by atoms with Crippen LogP contribution in [0.1, 0.15) is 11.1 Å². The Morgan fingerprint density at radius 3 is 2.38 bits per heavy atom. The second-order valence-corrected chi connectivity index (χ2v) is 5.00. The van der Waals surface area contributed by atoms with Gasteiger partial charge in [0.25, 0.3) is 5.91 Å². The van der Waals surface area contributed by atoms with Gasteiger partial charge in [-0.15, -0.1) is 0 Å². The van der Waals surface area contributed by atoms with Gasteiger partial charge < -0.3 is 10.1 Å². The number of esters is 1. The minimum atomic E-state index is -4.63. The Hall–Kier alpha value is -3.35. The van der Waals surface area contributed by atoms with Crippen LogP contribution >= 0.6 is 0 Å². The first-order chi connectivity index (χ1) is 12.1. The number of nitrogens with one attached hydrogen (secondary N) is 2. The lowest BCUT2D eigenvalue weighted by molar-refractivity contribution is -0.144. The van der Waals surface area contributed by atoms with Crippen LogP contribution in [0.5, 0.6) is 0 Å². The van der Waals surface area contributed by atoms with Crippen molar-refractivity contribution in [2.75, 3.05) is 13.2 Å². The predicted molar refractivity (Wildman–Crippen MR) is 83.3 cm³/mol. The quantitative estimate of drug-likeness (QED) is 0.468. The number of rotatable bonds is 5. The number of ether oxygens (including phenoxy) is 1. The lowest BCUT2D eigenvalue weighted by Gasteiger charge is -2.09. The number of hydrogen-bond donors (Lipinski definition) is 2. The van der Waals surface area contributed by atoms with Crippen LogP contribution < -0.4 is 10.6 Å². The van der Waals surface area contributed by atoms with Crippen LogP contribution in [-0.4, -0.2) is 37.2 Å². The van der Waals surface area contributed by atoms with Gasteiger partial charge >= 0.3 is 18.2 Å². The highest BCUT2D eigenvalue weighted by Crippen LogP contribution is 2.12. The number of nitriles is 1. The lowest BCUT2D eigenvalue weighted by atomic mass is 10.1. The predicted octanol–water partition coefficient (Wildman–Crippen LogP) is 1.83. The Labute approximate surface area is 146 Å². The van der Waals surface area contributed by atoms with E-state index >= 15 is 0 Å². The van der Waals surface area contributed by atoms with Crippen LogP contribution in [-0.2, 0) is 14.3 Å². The lowest BCUT2D eigenvalue weighted by Crippen LogP contribution is -2.44. The van der Waals surface area contributed by atoms with Gasteiger partial charge in [-0.25, -0.2) is 9.59 Å². The highest BCUT2D eigenvalue weighted by molar-refractivity contribution is 6.00. The van der Waals surface area contributed by atoms with Crippen molar-refractivity contribution < 1.29 is 32.3 Å². The number of benzene rings is 1. The Bertz CT molecular complexity index is 749. The molecule has 0 heterocycles. The number of aryl methyl sites for hydroxylation is 1. The molecule has 138 valence electrons. The highest BCUT2D eigenvalue weighted by atomic mass is 19.4. The summed E-state index contributed by atoms with van der Waals surface area (Å²) < 4.78 is 40.3. The van der Waals surface area contributed by atoms with Crippen molar-refractivity contribution in [3.63, 3.8) is 0 Å². The summed E-state index contributed by atoms with van der Waals surface area (Å²) in [5.74, 6) is -2.26. The fourth-order valence-corrected chi connectivity index (χ4v) is 1.56. The number of carbonyl (C=O) groups excluding carboxylic acids is 3. The minimum absolute atomic E-state index is 0.386. The number of halogens is 3. The molecule has 0 saturated heterocycles. The molecule has 0 aliphatic rings. The number of alkyl halides is 3. The molecule has 0 aliphatic carbocycles. The summed E-state index contributed by atoms with van der Waals surface area (Å²) in [7, 11) is 0. The minimum Gasteiger partial charge on any atom is -0.451 e. The molecule has 1 rings (SSSR count). The van der Waals surface area contributed by atoms with Crippen LogP contribution in [0.4, 0.5) is 18.0 Å². The Morgan fingerprint density at radius 1 is 1.23 bits per heavy atom. The Morgan fingerprint density at radius 2 is 1.85 bits per heavy atom. The summed E-state index contributed by atoms with van der Waals surface area (Å²) in [5.41, 5.74) is 1.15. The van der Waals surface area contributed by atoms with Crippen molar-refractivity contribution in [3.05, 3.63) is 41.0 Å². The molecule has 2 N–H and O–H groups in total. The molecule has 0 aliphatic heterocycles. The van der Waals surface area contributed by atoms with E-state index in [1.54, 1.807) is 35.7 Å². The SMILES string of the molecule is Cc1ccc(/C=C(\C#N)C(=O)OCC(=O)NC(=O)NCC(F)(F)F)cc1. The van der Waals surface area contributed by atoms with Crippen LogP contribution in [0.3, 0.4) is 0 Å². The molecule has 1 aromatic rings. The summed E-state index contributed by atoms with van der Waals surface area (Å²) in [6.45, 7) is -0.703. The van der Waals surface area contributed by atoms with E-state index in [0.717, 1.165) is 5.56 Å². The van der Waals surface area contributed by atoms with Crippen LogP contribution in [0, 0.1) is 18.3 Å². The van der Waals surface area contributed by atoms with Gasteiger partial charge in [-0.1, -0.05) is 29.8 Å². The maximum Gasteiger partial charge on any atom is 0.405 e. The largest absolute Gasteiger partial charge is 0.451 e. The second-order valence-electron chi connectivity index (χ2n) is 5.00. The van der Waals surface area contributed by atoms with Gasteiger partial charge in [-0.3, -0.25) is 10.1 Å². The van der Waals surface area contributed by atoms with Crippen molar-refractivity contribution in [3.8, 4) is 6.07 Å². The first kappa shape index (κ1) is 20.7. The standard InChI is InChI=1S/C16H14F3N3O4/c1-10-2-4-11(5-3-10)6-12(7-20)14(24)26-8-13(23)22-15(25)21-9-16(17,18)19/h2-6H,8-9H2,1H3,(H2,21,22,23,25)/b12-6+. The zero-order valence-corrected chi connectivity index (χ0v) is 13.5. The molecule has 0 fully saturated rings. The summed E-state index contributed by atoms with van der Waals surface area (Å²) in [4.78, 5) is 34.2. The molecule has 0 saturated carbocycles. The van der Waals surface area contributed by atoms with Gasteiger partial charge in [0.2, 0.25) is 0 Å². The number of carbonyl (C=O) groups is 3. The zero-order valence-electron chi connectivity index (χ0n) is 13.5. The number of hydrogen-bond acceptors (Lipinski definition) is 5. The smallest absolute Gasteiger partial charge is 0.405 e. The molecule has 0 bridgehead atoms. The van der Waals surface area contributed by atoms with Gasteiger partial charge in [0.15, 0.2) is 6.61 Å². The summed E-state index contributed by atoms with van der Waals surface area (Å²) in [6.07, 6.45) is -3.38. The average Bonchev–Trinajstić information content (AvgIpc) is 2.56. The molecule has 0 radical (unpaired) electrons. The van der Waals surface area contributed by atoms with Crippen LogP contribution in [0.25, 0.3) is 6.08 Å². The van der Waals surface area contributed by atoms with E-state index in [1.807, 2.05) is 6.92 Å². The maximum atomic E-state index is 11.9. The Balaban J connectivity index is 2.53. The van der Waals surface area contributed by atoms with E-state index in [4.69, 9.17) is 5.26 Å². The fraction of sp³-hybridized carbons (Fsp3) is 0.250. The van der Waals surface area contributed by atoms with Gasteiger partial charge in [0, 0.05) is 0 Å². The maximum absolute atomic E-state index is 11.9. The molecule has 26 heavy (non-hydrogen) atoms. The van der Waals surface area contributed by atoms with Crippen LogP contribution in [0.2, 0.25) is 0 Å². The van der Waals surface area contributed by atoms with E-state index in [9.17, 15) is 27.6 Å². The van der Waals surface area contributed by atoms with E-state index in [1.165, 1.54) is 11.4 Å². The van der Waals surface area contributed by atoms with Crippen molar-refractivity contribution >= 4 is 24.0 Å². The monoisotopic (exact) mass is 369 g/mol. The number of imide groups is 1. The number of urea groups is 1. The van der Waals surface area contributed by atoms with Crippen molar-refractivity contribution in [2.24, 2.45) is 0 Å². The normalized spacial score (nSPS) is 11.3. The third kappa shape index (κ3) is 7.96. The molecule has 0 unspecified atom stereocenters. The second kappa shape index (κ2) is 9.22. The highest BCUT2D eigenvalue weighted by Gasteiger charge is 2.28. The number of amides is 3. The molecular formula is C16H14F3N3O4. The molecule has 0 aromatic heterocycles. The average molecular weight is 369 g/mol. The van der Waals surface area contributed by atoms with Gasteiger partial charge in [-0.05, 0) is 18.6 Å². The molecule has 3 amide bonds. The molecule has 1 aromatic carbocycles. The third-order valence-electron chi connectivity index (χ3n) is 2.77. The molecule has 7 nitrogen and oxygen atoms in total.